The highest BCUT2D eigenvalue weighted by Crippen LogP contribution is 2.39. The summed E-state index contributed by atoms with van der Waals surface area (Å²) in [6.45, 7) is 1.82. The highest BCUT2D eigenvalue weighted by atomic mass is 16.5. The second-order valence-electron chi connectivity index (χ2n) is 5.06. The second kappa shape index (κ2) is 6.70. The van der Waals surface area contributed by atoms with Gasteiger partial charge in [-0.1, -0.05) is 24.3 Å². The number of benzene rings is 1. The van der Waals surface area contributed by atoms with Gasteiger partial charge in [-0.25, -0.2) is 0 Å². The van der Waals surface area contributed by atoms with E-state index in [0.717, 1.165) is 25.7 Å². The number of methoxy groups -OCH3 is 1. The van der Waals surface area contributed by atoms with Crippen LogP contribution in [0.3, 0.4) is 0 Å². The van der Waals surface area contributed by atoms with E-state index in [4.69, 9.17) is 9.47 Å². The van der Waals surface area contributed by atoms with Crippen LogP contribution in [0.2, 0.25) is 0 Å². The van der Waals surface area contributed by atoms with E-state index in [1.807, 2.05) is 6.07 Å². The highest BCUT2D eigenvalue weighted by molar-refractivity contribution is 5.41. The Labute approximate surface area is 115 Å². The predicted molar refractivity (Wildman–Crippen MR) is 74.0 cm³/mol. The van der Waals surface area contributed by atoms with Gasteiger partial charge in [-0.15, -0.1) is 0 Å². The first-order valence-electron chi connectivity index (χ1n) is 6.89. The Morgan fingerprint density at radius 2 is 2.11 bits per heavy atom. The molecule has 102 valence electrons. The fourth-order valence-corrected chi connectivity index (χ4v) is 2.84. The van der Waals surface area contributed by atoms with E-state index in [1.54, 1.807) is 7.11 Å². The lowest BCUT2D eigenvalue weighted by atomic mass is 9.69. The smallest absolute Gasteiger partial charge is 0.0847 e. The SMILES string of the molecule is COCCOCCC1(C#N)CCCc2ccccc21. The van der Waals surface area contributed by atoms with Crippen molar-refractivity contribution in [1.29, 1.82) is 5.26 Å². The first-order valence-corrected chi connectivity index (χ1v) is 6.89. The maximum Gasteiger partial charge on any atom is 0.0847 e. The number of aryl methyl sites for hydroxylation is 1. The van der Waals surface area contributed by atoms with E-state index in [-0.39, 0.29) is 5.41 Å². The van der Waals surface area contributed by atoms with Crippen LogP contribution in [0.4, 0.5) is 0 Å². The van der Waals surface area contributed by atoms with Crippen molar-refractivity contribution < 1.29 is 9.47 Å². The third-order valence-electron chi connectivity index (χ3n) is 3.90. The molecule has 0 amide bonds. The Morgan fingerprint density at radius 3 is 2.89 bits per heavy atom. The molecule has 1 aliphatic carbocycles. The molecule has 1 aromatic rings. The van der Waals surface area contributed by atoms with Crippen molar-refractivity contribution >= 4 is 0 Å². The third kappa shape index (κ3) is 3.15. The molecule has 0 heterocycles. The van der Waals surface area contributed by atoms with Crippen LogP contribution in [-0.4, -0.2) is 26.9 Å². The minimum Gasteiger partial charge on any atom is -0.382 e. The Kier molecular flexibility index (Phi) is 4.95. The van der Waals surface area contributed by atoms with Gasteiger partial charge in [0.25, 0.3) is 0 Å². The molecule has 0 N–H and O–H groups in total. The molecule has 0 spiro atoms. The van der Waals surface area contributed by atoms with Crippen LogP contribution in [-0.2, 0) is 21.3 Å². The molecule has 0 aliphatic heterocycles. The summed E-state index contributed by atoms with van der Waals surface area (Å²) in [5.41, 5.74) is 2.17. The molecular weight excluding hydrogens is 238 g/mol. The van der Waals surface area contributed by atoms with E-state index in [9.17, 15) is 5.26 Å². The van der Waals surface area contributed by atoms with Gasteiger partial charge in [0.15, 0.2) is 0 Å². The molecule has 0 fully saturated rings. The first-order chi connectivity index (χ1) is 9.32. The van der Waals surface area contributed by atoms with Crippen molar-refractivity contribution in [2.45, 2.75) is 31.1 Å². The molecule has 0 aromatic heterocycles. The fourth-order valence-electron chi connectivity index (χ4n) is 2.84. The summed E-state index contributed by atoms with van der Waals surface area (Å²) in [4.78, 5) is 0. The molecule has 0 saturated heterocycles. The number of nitriles is 1. The number of hydrogen-bond donors (Lipinski definition) is 0. The van der Waals surface area contributed by atoms with Gasteiger partial charge in [-0.05, 0) is 36.8 Å². The number of nitrogens with zero attached hydrogens (tertiary/aromatic N) is 1. The Morgan fingerprint density at radius 1 is 1.26 bits per heavy atom. The Balaban J connectivity index is 2.05. The molecule has 1 atom stereocenters. The zero-order valence-corrected chi connectivity index (χ0v) is 11.5. The monoisotopic (exact) mass is 259 g/mol. The average molecular weight is 259 g/mol. The second-order valence-corrected chi connectivity index (χ2v) is 5.06. The molecule has 1 unspecified atom stereocenters. The number of ether oxygens (including phenoxy) is 2. The molecule has 0 saturated carbocycles. The van der Waals surface area contributed by atoms with Crippen molar-refractivity contribution in [2.24, 2.45) is 0 Å². The summed E-state index contributed by atoms with van der Waals surface area (Å²) >= 11 is 0. The van der Waals surface area contributed by atoms with Crippen molar-refractivity contribution in [3.63, 3.8) is 0 Å². The van der Waals surface area contributed by atoms with Gasteiger partial charge in [0.2, 0.25) is 0 Å². The zero-order valence-electron chi connectivity index (χ0n) is 11.5. The van der Waals surface area contributed by atoms with Crippen LogP contribution >= 0.6 is 0 Å². The van der Waals surface area contributed by atoms with Crippen LogP contribution in [0, 0.1) is 11.3 Å². The largest absolute Gasteiger partial charge is 0.382 e. The summed E-state index contributed by atoms with van der Waals surface area (Å²) in [5, 5.41) is 9.66. The molecule has 3 heteroatoms. The van der Waals surface area contributed by atoms with E-state index in [1.165, 1.54) is 11.1 Å². The number of rotatable bonds is 6. The minimum absolute atomic E-state index is 0.359. The zero-order chi connectivity index (χ0) is 13.6. The third-order valence-corrected chi connectivity index (χ3v) is 3.90. The van der Waals surface area contributed by atoms with E-state index < -0.39 is 0 Å². The Hall–Kier alpha value is -1.37. The van der Waals surface area contributed by atoms with Gasteiger partial charge < -0.3 is 9.47 Å². The summed E-state index contributed by atoms with van der Waals surface area (Å²) in [6.07, 6.45) is 3.88. The summed E-state index contributed by atoms with van der Waals surface area (Å²) in [6, 6.07) is 10.9. The normalized spacial score (nSPS) is 21.7. The van der Waals surface area contributed by atoms with Crippen molar-refractivity contribution in [3.05, 3.63) is 35.4 Å². The maximum atomic E-state index is 9.66. The highest BCUT2D eigenvalue weighted by Gasteiger charge is 2.36. The van der Waals surface area contributed by atoms with Gasteiger partial charge in [0.1, 0.15) is 0 Å². The molecule has 2 rings (SSSR count). The molecule has 0 bridgehead atoms. The lowest BCUT2D eigenvalue weighted by Crippen LogP contribution is -2.31. The number of hydrogen-bond acceptors (Lipinski definition) is 3. The van der Waals surface area contributed by atoms with E-state index >= 15 is 0 Å². The quantitative estimate of drug-likeness (QED) is 0.738. The summed E-state index contributed by atoms with van der Waals surface area (Å²) < 4.78 is 10.5. The molecular formula is C16H21NO2. The summed E-state index contributed by atoms with van der Waals surface area (Å²) in [7, 11) is 1.66. The molecule has 1 aromatic carbocycles. The van der Waals surface area contributed by atoms with Crippen LogP contribution in [0.1, 0.15) is 30.4 Å². The van der Waals surface area contributed by atoms with Crippen LogP contribution in [0.15, 0.2) is 24.3 Å². The lowest BCUT2D eigenvalue weighted by Gasteiger charge is -2.33. The average Bonchev–Trinajstić information content (AvgIpc) is 2.47. The van der Waals surface area contributed by atoms with Gasteiger partial charge in [-0.2, -0.15) is 5.26 Å². The minimum atomic E-state index is -0.359. The lowest BCUT2D eigenvalue weighted by molar-refractivity contribution is 0.0628. The molecule has 3 nitrogen and oxygen atoms in total. The van der Waals surface area contributed by atoms with Gasteiger partial charge in [0, 0.05) is 13.7 Å². The first kappa shape index (κ1) is 14.0. The Bertz CT molecular complexity index is 452. The van der Waals surface area contributed by atoms with Crippen molar-refractivity contribution in [1.82, 2.24) is 0 Å². The van der Waals surface area contributed by atoms with E-state index in [2.05, 4.69) is 24.3 Å². The van der Waals surface area contributed by atoms with Crippen molar-refractivity contribution in [2.75, 3.05) is 26.9 Å². The van der Waals surface area contributed by atoms with Crippen LogP contribution < -0.4 is 0 Å². The predicted octanol–water partition coefficient (Wildman–Crippen LogP) is 2.84. The topological polar surface area (TPSA) is 42.2 Å². The van der Waals surface area contributed by atoms with Gasteiger partial charge in [0.05, 0.1) is 24.7 Å². The van der Waals surface area contributed by atoms with E-state index in [0.29, 0.717) is 19.8 Å². The summed E-state index contributed by atoms with van der Waals surface area (Å²) in [5.74, 6) is 0. The molecule has 0 radical (unpaired) electrons. The number of fused-ring (bicyclic) bond motifs is 1. The van der Waals surface area contributed by atoms with Crippen LogP contribution in [0.25, 0.3) is 0 Å². The maximum absolute atomic E-state index is 9.66. The molecule has 19 heavy (non-hydrogen) atoms. The fraction of sp³-hybridized carbons (Fsp3) is 0.562. The van der Waals surface area contributed by atoms with Gasteiger partial charge in [-0.3, -0.25) is 0 Å². The van der Waals surface area contributed by atoms with Gasteiger partial charge >= 0.3 is 0 Å². The van der Waals surface area contributed by atoms with Crippen molar-refractivity contribution in [3.8, 4) is 6.07 Å². The van der Waals surface area contributed by atoms with Crippen LogP contribution in [0.5, 0.6) is 0 Å². The standard InChI is InChI=1S/C16H21NO2/c1-18-11-12-19-10-9-16(13-17)8-4-6-14-5-2-3-7-15(14)16/h2-3,5,7H,4,6,8-12H2,1H3. The molecule has 1 aliphatic rings.